The molecule has 11 heteroatoms. The van der Waals surface area contributed by atoms with Crippen LogP contribution in [0.2, 0.25) is 0 Å². The molecule has 0 aliphatic heterocycles. The monoisotopic (exact) mass is 547 g/mol. The topological polar surface area (TPSA) is 128 Å². The normalized spacial score (nSPS) is 10.9. The Morgan fingerprint density at radius 1 is 0.897 bits per heavy atom. The summed E-state index contributed by atoms with van der Waals surface area (Å²) in [4.78, 5) is 23.5. The van der Waals surface area contributed by atoms with Crippen molar-refractivity contribution in [1.29, 1.82) is 0 Å². The van der Waals surface area contributed by atoms with Gasteiger partial charge in [0.1, 0.15) is 23.8 Å². The molecular weight excluding hydrogens is 522 g/mol. The quantitative estimate of drug-likeness (QED) is 0.204. The maximum atomic E-state index is 13.7. The molecule has 0 aliphatic rings. The Morgan fingerprint density at radius 2 is 1.51 bits per heavy atom. The SMILES string of the molecule is COc1ccc(N(CC(=O)Nc2ccc(Oc3ccccc3)cc2)S(=O)(=O)c2ccc(C)c([N+](=O)[O-])c2)cc1. The first-order chi connectivity index (χ1) is 18.7. The number of nitro groups is 1. The van der Waals surface area contributed by atoms with E-state index in [0.29, 0.717) is 28.5 Å². The van der Waals surface area contributed by atoms with E-state index in [2.05, 4.69) is 5.32 Å². The summed E-state index contributed by atoms with van der Waals surface area (Å²) >= 11 is 0. The molecule has 0 aliphatic carbocycles. The van der Waals surface area contributed by atoms with Gasteiger partial charge in [0.25, 0.3) is 15.7 Å². The Kier molecular flexibility index (Phi) is 8.11. The Morgan fingerprint density at radius 3 is 2.13 bits per heavy atom. The molecule has 0 saturated heterocycles. The number of hydrogen-bond donors (Lipinski definition) is 1. The van der Waals surface area contributed by atoms with Gasteiger partial charge in [-0.15, -0.1) is 0 Å². The van der Waals surface area contributed by atoms with Crippen molar-refractivity contribution in [3.8, 4) is 17.2 Å². The molecule has 39 heavy (non-hydrogen) atoms. The maximum Gasteiger partial charge on any atom is 0.273 e. The van der Waals surface area contributed by atoms with E-state index in [4.69, 9.17) is 9.47 Å². The van der Waals surface area contributed by atoms with E-state index in [1.165, 1.54) is 38.3 Å². The molecule has 4 aromatic rings. The zero-order chi connectivity index (χ0) is 28.0. The number of benzene rings is 4. The highest BCUT2D eigenvalue weighted by Gasteiger charge is 2.29. The van der Waals surface area contributed by atoms with Crippen LogP contribution in [0.1, 0.15) is 5.56 Å². The maximum absolute atomic E-state index is 13.7. The number of carbonyl (C=O) groups excluding carboxylic acids is 1. The molecule has 200 valence electrons. The van der Waals surface area contributed by atoms with Gasteiger partial charge in [0, 0.05) is 17.3 Å². The van der Waals surface area contributed by atoms with Crippen molar-refractivity contribution in [2.75, 3.05) is 23.3 Å². The molecule has 4 rings (SSSR count). The zero-order valence-corrected chi connectivity index (χ0v) is 21.9. The highest BCUT2D eigenvalue weighted by molar-refractivity contribution is 7.92. The van der Waals surface area contributed by atoms with Gasteiger partial charge in [0.2, 0.25) is 5.91 Å². The molecular formula is C28H25N3O7S. The van der Waals surface area contributed by atoms with E-state index < -0.39 is 27.4 Å². The lowest BCUT2D eigenvalue weighted by Gasteiger charge is -2.24. The molecule has 1 N–H and O–H groups in total. The molecule has 0 saturated carbocycles. The summed E-state index contributed by atoms with van der Waals surface area (Å²) in [5.74, 6) is 1.09. The van der Waals surface area contributed by atoms with Crippen molar-refractivity contribution in [3.05, 3.63) is 113 Å². The Labute approximate surface area is 225 Å². The first kappa shape index (κ1) is 27.1. The number of para-hydroxylation sites is 1. The van der Waals surface area contributed by atoms with Gasteiger partial charge in [-0.05, 0) is 73.7 Å². The van der Waals surface area contributed by atoms with E-state index in [1.807, 2.05) is 30.3 Å². The van der Waals surface area contributed by atoms with E-state index in [0.717, 1.165) is 10.4 Å². The van der Waals surface area contributed by atoms with Crippen LogP contribution < -0.4 is 19.1 Å². The van der Waals surface area contributed by atoms with Crippen LogP contribution in [0.25, 0.3) is 0 Å². The summed E-state index contributed by atoms with van der Waals surface area (Å²) < 4.78 is 39.1. The fraction of sp³-hybridized carbons (Fsp3) is 0.107. The molecule has 0 atom stereocenters. The Balaban J connectivity index is 1.58. The average Bonchev–Trinajstić information content (AvgIpc) is 2.93. The van der Waals surface area contributed by atoms with Crippen molar-refractivity contribution in [2.24, 2.45) is 0 Å². The highest BCUT2D eigenvalue weighted by atomic mass is 32.2. The summed E-state index contributed by atoms with van der Waals surface area (Å²) in [7, 11) is -2.90. The molecule has 0 heterocycles. The average molecular weight is 548 g/mol. The molecule has 0 radical (unpaired) electrons. The zero-order valence-electron chi connectivity index (χ0n) is 21.1. The summed E-state index contributed by atoms with van der Waals surface area (Å²) in [6.07, 6.45) is 0. The van der Waals surface area contributed by atoms with Crippen molar-refractivity contribution in [1.82, 2.24) is 0 Å². The van der Waals surface area contributed by atoms with E-state index in [1.54, 1.807) is 36.4 Å². The standard InChI is InChI=1S/C28H25N3O7S/c1-20-8-17-26(18-27(20)31(33)34)39(35,36)30(22-11-15-23(37-2)16-12-22)19-28(32)29-21-9-13-25(14-10-21)38-24-6-4-3-5-7-24/h3-18H,19H2,1-2H3,(H,29,32). The Hall–Kier alpha value is -4.90. The second kappa shape index (κ2) is 11.7. The number of nitro benzene ring substituents is 1. The van der Waals surface area contributed by atoms with Crippen LogP contribution in [0.5, 0.6) is 17.2 Å². The van der Waals surface area contributed by atoms with Gasteiger partial charge in [0.05, 0.1) is 22.6 Å². The number of rotatable bonds is 10. The Bertz CT molecular complexity index is 1570. The summed E-state index contributed by atoms with van der Waals surface area (Å²) in [5, 5.41) is 14.1. The van der Waals surface area contributed by atoms with Crippen LogP contribution in [0.3, 0.4) is 0 Å². The number of nitrogens with one attached hydrogen (secondary N) is 1. The lowest BCUT2D eigenvalue weighted by atomic mass is 10.2. The fourth-order valence-electron chi connectivity index (χ4n) is 3.70. The fourth-order valence-corrected chi connectivity index (χ4v) is 5.14. The predicted octanol–water partition coefficient (Wildman–Crippen LogP) is 5.54. The molecule has 0 unspecified atom stereocenters. The number of sulfonamides is 1. The van der Waals surface area contributed by atoms with E-state index >= 15 is 0 Å². The number of ether oxygens (including phenoxy) is 2. The third-order valence-corrected chi connectivity index (χ3v) is 7.50. The number of aryl methyl sites for hydroxylation is 1. The third kappa shape index (κ3) is 6.51. The number of anilines is 2. The van der Waals surface area contributed by atoms with Crippen molar-refractivity contribution < 1.29 is 27.6 Å². The van der Waals surface area contributed by atoms with Crippen molar-refractivity contribution >= 4 is 33.0 Å². The second-order valence-corrected chi connectivity index (χ2v) is 10.3. The first-order valence-electron chi connectivity index (χ1n) is 11.7. The number of hydrogen-bond acceptors (Lipinski definition) is 7. The van der Waals surface area contributed by atoms with Crippen LogP contribution in [0, 0.1) is 17.0 Å². The molecule has 0 spiro atoms. The molecule has 0 fully saturated rings. The van der Waals surface area contributed by atoms with Crippen LogP contribution in [-0.2, 0) is 14.8 Å². The van der Waals surface area contributed by atoms with Crippen LogP contribution in [-0.4, -0.2) is 32.9 Å². The molecule has 4 aromatic carbocycles. The highest BCUT2D eigenvalue weighted by Crippen LogP contribution is 2.29. The van der Waals surface area contributed by atoms with Gasteiger partial charge in [-0.25, -0.2) is 8.42 Å². The smallest absolute Gasteiger partial charge is 0.273 e. The minimum atomic E-state index is -4.37. The van der Waals surface area contributed by atoms with E-state index in [9.17, 15) is 23.3 Å². The molecule has 1 amide bonds. The number of methoxy groups -OCH3 is 1. The number of nitrogens with zero attached hydrogens (tertiary/aromatic N) is 2. The minimum Gasteiger partial charge on any atom is -0.497 e. The largest absolute Gasteiger partial charge is 0.497 e. The predicted molar refractivity (Wildman–Crippen MR) is 147 cm³/mol. The molecule has 0 bridgehead atoms. The van der Waals surface area contributed by atoms with Crippen molar-refractivity contribution in [3.63, 3.8) is 0 Å². The molecule has 10 nitrogen and oxygen atoms in total. The number of amides is 1. The van der Waals surface area contributed by atoms with Crippen molar-refractivity contribution in [2.45, 2.75) is 11.8 Å². The van der Waals surface area contributed by atoms with Gasteiger partial charge < -0.3 is 14.8 Å². The van der Waals surface area contributed by atoms with E-state index in [-0.39, 0.29) is 16.3 Å². The van der Waals surface area contributed by atoms with Gasteiger partial charge in [-0.3, -0.25) is 19.2 Å². The van der Waals surface area contributed by atoms with Gasteiger partial charge in [-0.1, -0.05) is 24.3 Å². The second-order valence-electron chi connectivity index (χ2n) is 8.40. The van der Waals surface area contributed by atoms with Gasteiger partial charge >= 0.3 is 0 Å². The lowest BCUT2D eigenvalue weighted by Crippen LogP contribution is -2.38. The van der Waals surface area contributed by atoms with Gasteiger partial charge in [0.15, 0.2) is 0 Å². The van der Waals surface area contributed by atoms with Gasteiger partial charge in [-0.2, -0.15) is 0 Å². The first-order valence-corrected chi connectivity index (χ1v) is 13.2. The summed E-state index contributed by atoms with van der Waals surface area (Å²) in [6, 6.07) is 25.5. The third-order valence-electron chi connectivity index (χ3n) is 5.73. The van der Waals surface area contributed by atoms with Crippen LogP contribution >= 0.6 is 0 Å². The lowest BCUT2D eigenvalue weighted by molar-refractivity contribution is -0.385. The summed E-state index contributed by atoms with van der Waals surface area (Å²) in [5.41, 5.74) is 0.583. The van der Waals surface area contributed by atoms with Crippen LogP contribution in [0.15, 0.2) is 102 Å². The number of carbonyl (C=O) groups is 1. The minimum absolute atomic E-state index is 0.181. The van der Waals surface area contributed by atoms with Crippen LogP contribution in [0.4, 0.5) is 17.1 Å². The summed E-state index contributed by atoms with van der Waals surface area (Å²) in [6.45, 7) is 0.929. The molecule has 0 aromatic heterocycles.